The molecule has 6 heteroatoms. The minimum atomic E-state index is -0.664. The van der Waals surface area contributed by atoms with Gasteiger partial charge in [0.1, 0.15) is 23.1 Å². The zero-order valence-electron chi connectivity index (χ0n) is 13.7. The lowest BCUT2D eigenvalue weighted by atomic mass is 10.1. The van der Waals surface area contributed by atoms with Crippen molar-refractivity contribution >= 4 is 21.6 Å². The summed E-state index contributed by atoms with van der Waals surface area (Å²) in [5.74, 6) is 0.112. The van der Waals surface area contributed by atoms with Crippen LogP contribution in [0.2, 0.25) is 0 Å². The molecule has 0 aliphatic heterocycles. The van der Waals surface area contributed by atoms with Crippen LogP contribution in [0.4, 0.5) is 8.78 Å². The Bertz CT molecular complexity index is 1120. The maximum absolute atomic E-state index is 13.2. The average Bonchev–Trinajstić information content (AvgIpc) is 3.09. The molecule has 0 N–H and O–H groups in total. The SMILES string of the molecule is O=c1c2c(-c3ccc(F)cc3)csc2nc(-c2ccccc2)n1CCF. The van der Waals surface area contributed by atoms with E-state index < -0.39 is 6.67 Å². The van der Waals surface area contributed by atoms with Gasteiger partial charge < -0.3 is 0 Å². The van der Waals surface area contributed by atoms with Crippen LogP contribution < -0.4 is 5.56 Å². The van der Waals surface area contributed by atoms with Gasteiger partial charge in [-0.25, -0.2) is 13.8 Å². The van der Waals surface area contributed by atoms with E-state index in [1.807, 2.05) is 35.7 Å². The summed E-state index contributed by atoms with van der Waals surface area (Å²) in [6.45, 7) is -0.729. The molecule has 26 heavy (non-hydrogen) atoms. The summed E-state index contributed by atoms with van der Waals surface area (Å²) >= 11 is 1.35. The van der Waals surface area contributed by atoms with Crippen molar-refractivity contribution in [3.05, 3.63) is 76.1 Å². The molecular formula is C20H14F2N2OS. The van der Waals surface area contributed by atoms with E-state index in [1.165, 1.54) is 28.0 Å². The Kier molecular flexibility index (Phi) is 4.34. The molecule has 130 valence electrons. The summed E-state index contributed by atoms with van der Waals surface area (Å²) in [6.07, 6.45) is 0. The molecule has 2 aromatic heterocycles. The van der Waals surface area contributed by atoms with Gasteiger partial charge in [-0.1, -0.05) is 42.5 Å². The number of thiophene rings is 1. The van der Waals surface area contributed by atoms with Crippen LogP contribution in [0.15, 0.2) is 64.8 Å². The number of hydrogen-bond donors (Lipinski definition) is 0. The minimum Gasteiger partial charge on any atom is -0.289 e. The number of halogens is 2. The molecule has 0 aliphatic carbocycles. The van der Waals surface area contributed by atoms with Crippen molar-refractivity contribution in [2.45, 2.75) is 6.54 Å². The summed E-state index contributed by atoms with van der Waals surface area (Å²) in [7, 11) is 0. The molecule has 4 aromatic rings. The van der Waals surface area contributed by atoms with Crippen LogP contribution in [0.1, 0.15) is 0 Å². The smallest absolute Gasteiger partial charge is 0.263 e. The highest BCUT2D eigenvalue weighted by molar-refractivity contribution is 7.17. The van der Waals surface area contributed by atoms with Crippen molar-refractivity contribution in [3.63, 3.8) is 0 Å². The fourth-order valence-electron chi connectivity index (χ4n) is 2.97. The number of aromatic nitrogens is 2. The third-order valence-electron chi connectivity index (χ3n) is 4.19. The van der Waals surface area contributed by atoms with Gasteiger partial charge in [0, 0.05) is 16.5 Å². The van der Waals surface area contributed by atoms with Crippen molar-refractivity contribution in [1.82, 2.24) is 9.55 Å². The Morgan fingerprint density at radius 2 is 1.73 bits per heavy atom. The molecule has 2 aromatic carbocycles. The van der Waals surface area contributed by atoms with Crippen molar-refractivity contribution < 1.29 is 8.78 Å². The van der Waals surface area contributed by atoms with Gasteiger partial charge in [-0.3, -0.25) is 9.36 Å². The van der Waals surface area contributed by atoms with E-state index >= 15 is 0 Å². The Labute approximate surface area is 152 Å². The van der Waals surface area contributed by atoms with Gasteiger partial charge in [0.25, 0.3) is 5.56 Å². The summed E-state index contributed by atoms with van der Waals surface area (Å²) in [5.41, 5.74) is 1.90. The Balaban J connectivity index is 1.99. The molecule has 0 saturated carbocycles. The molecule has 0 fully saturated rings. The number of nitrogens with zero attached hydrogens (tertiary/aromatic N) is 2. The minimum absolute atomic E-state index is 0.0648. The highest BCUT2D eigenvalue weighted by atomic mass is 32.1. The lowest BCUT2D eigenvalue weighted by Gasteiger charge is -2.11. The second-order valence-corrected chi connectivity index (χ2v) is 6.64. The standard InChI is InChI=1S/C20H14F2N2OS/c21-10-11-24-18(14-4-2-1-3-5-14)23-19-17(20(24)25)16(12-26-19)13-6-8-15(22)9-7-13/h1-9,12H,10-11H2. The first kappa shape index (κ1) is 16.6. The van der Waals surface area contributed by atoms with Gasteiger partial charge in [-0.15, -0.1) is 11.3 Å². The van der Waals surface area contributed by atoms with E-state index in [2.05, 4.69) is 4.98 Å². The zero-order valence-corrected chi connectivity index (χ0v) is 14.5. The molecule has 2 heterocycles. The second-order valence-electron chi connectivity index (χ2n) is 5.78. The monoisotopic (exact) mass is 368 g/mol. The maximum Gasteiger partial charge on any atom is 0.263 e. The Morgan fingerprint density at radius 3 is 2.42 bits per heavy atom. The van der Waals surface area contributed by atoms with E-state index in [0.29, 0.717) is 21.6 Å². The number of fused-ring (bicyclic) bond motifs is 1. The van der Waals surface area contributed by atoms with Crippen LogP contribution in [0.3, 0.4) is 0 Å². The van der Waals surface area contributed by atoms with Gasteiger partial charge in [0.2, 0.25) is 0 Å². The first-order valence-corrected chi connectivity index (χ1v) is 8.96. The molecule has 0 aliphatic rings. The van der Waals surface area contributed by atoms with Crippen molar-refractivity contribution in [3.8, 4) is 22.5 Å². The quantitative estimate of drug-likeness (QED) is 0.513. The molecular weight excluding hydrogens is 354 g/mol. The van der Waals surface area contributed by atoms with E-state index in [9.17, 15) is 13.6 Å². The number of benzene rings is 2. The van der Waals surface area contributed by atoms with Gasteiger partial charge >= 0.3 is 0 Å². The topological polar surface area (TPSA) is 34.9 Å². The predicted molar refractivity (Wildman–Crippen MR) is 101 cm³/mol. The number of rotatable bonds is 4. The van der Waals surface area contributed by atoms with E-state index in [1.54, 1.807) is 12.1 Å². The van der Waals surface area contributed by atoms with Crippen LogP contribution in [0.5, 0.6) is 0 Å². The average molecular weight is 368 g/mol. The largest absolute Gasteiger partial charge is 0.289 e. The van der Waals surface area contributed by atoms with Gasteiger partial charge in [0.05, 0.1) is 11.9 Å². The van der Waals surface area contributed by atoms with Crippen molar-refractivity contribution in [2.75, 3.05) is 6.67 Å². The molecule has 3 nitrogen and oxygen atoms in total. The van der Waals surface area contributed by atoms with Gasteiger partial charge in [-0.05, 0) is 17.7 Å². The van der Waals surface area contributed by atoms with Crippen LogP contribution in [0.25, 0.3) is 32.7 Å². The van der Waals surface area contributed by atoms with Crippen LogP contribution in [0, 0.1) is 5.82 Å². The maximum atomic E-state index is 13.2. The van der Waals surface area contributed by atoms with Crippen LogP contribution in [-0.4, -0.2) is 16.2 Å². The molecule has 0 bridgehead atoms. The predicted octanol–water partition coefficient (Wildman–Crippen LogP) is 4.90. The summed E-state index contributed by atoms with van der Waals surface area (Å²) in [4.78, 5) is 18.3. The summed E-state index contributed by atoms with van der Waals surface area (Å²) < 4.78 is 27.7. The van der Waals surface area contributed by atoms with Crippen LogP contribution >= 0.6 is 11.3 Å². The third-order valence-corrected chi connectivity index (χ3v) is 5.06. The van der Waals surface area contributed by atoms with Gasteiger partial charge in [-0.2, -0.15) is 0 Å². The number of hydrogen-bond acceptors (Lipinski definition) is 3. The van der Waals surface area contributed by atoms with E-state index in [-0.39, 0.29) is 17.9 Å². The number of alkyl halides is 1. The fraction of sp³-hybridized carbons (Fsp3) is 0.100. The molecule has 0 amide bonds. The third kappa shape index (κ3) is 2.82. The highest BCUT2D eigenvalue weighted by Crippen LogP contribution is 2.32. The summed E-state index contributed by atoms with van der Waals surface area (Å²) in [6, 6.07) is 15.2. The Morgan fingerprint density at radius 1 is 1.00 bits per heavy atom. The molecule has 0 radical (unpaired) electrons. The van der Waals surface area contributed by atoms with E-state index in [4.69, 9.17) is 0 Å². The molecule has 4 rings (SSSR count). The highest BCUT2D eigenvalue weighted by Gasteiger charge is 2.18. The Hall–Kier alpha value is -2.86. The van der Waals surface area contributed by atoms with Crippen molar-refractivity contribution in [2.24, 2.45) is 0 Å². The lowest BCUT2D eigenvalue weighted by molar-refractivity contribution is 0.441. The molecule has 0 atom stereocenters. The zero-order chi connectivity index (χ0) is 18.1. The first-order chi connectivity index (χ1) is 12.7. The summed E-state index contributed by atoms with van der Waals surface area (Å²) in [5, 5.41) is 2.27. The fourth-order valence-corrected chi connectivity index (χ4v) is 3.90. The van der Waals surface area contributed by atoms with Crippen LogP contribution in [-0.2, 0) is 6.54 Å². The second kappa shape index (κ2) is 6.80. The molecule has 0 spiro atoms. The van der Waals surface area contributed by atoms with Gasteiger partial charge in [0.15, 0.2) is 0 Å². The van der Waals surface area contributed by atoms with E-state index in [0.717, 1.165) is 11.1 Å². The van der Waals surface area contributed by atoms with Crippen molar-refractivity contribution in [1.29, 1.82) is 0 Å². The lowest BCUT2D eigenvalue weighted by Crippen LogP contribution is -2.24. The normalized spacial score (nSPS) is 11.2. The first-order valence-electron chi connectivity index (χ1n) is 8.08. The molecule has 0 unspecified atom stereocenters. The molecule has 0 saturated heterocycles.